The number of hydrogen-bond acceptors (Lipinski definition) is 4. The zero-order valence-corrected chi connectivity index (χ0v) is 14.0. The first kappa shape index (κ1) is 17.6. The number of carbonyl (C=O) groups is 2. The maximum atomic E-state index is 12.4. The molecule has 126 valence electrons. The van der Waals surface area contributed by atoms with Gasteiger partial charge in [0, 0.05) is 42.6 Å². The summed E-state index contributed by atoms with van der Waals surface area (Å²) in [7, 11) is 0. The van der Waals surface area contributed by atoms with Crippen LogP contribution in [0.5, 0.6) is 0 Å². The van der Waals surface area contributed by atoms with Crippen molar-refractivity contribution in [2.75, 3.05) is 18.4 Å². The van der Waals surface area contributed by atoms with E-state index < -0.39 is 0 Å². The Balaban J connectivity index is 2.17. The van der Waals surface area contributed by atoms with Gasteiger partial charge in [-0.3, -0.25) is 14.6 Å². The fraction of sp³-hybridized carbons (Fsp3) is 0.278. The highest BCUT2D eigenvalue weighted by Crippen LogP contribution is 2.14. The average molecular weight is 326 g/mol. The summed E-state index contributed by atoms with van der Waals surface area (Å²) in [5, 5.41) is 2.80. The number of nitrogens with two attached hydrogens (primary N) is 1. The van der Waals surface area contributed by atoms with Crippen LogP contribution in [-0.4, -0.2) is 34.8 Å². The summed E-state index contributed by atoms with van der Waals surface area (Å²) in [5.41, 5.74) is 7.79. The van der Waals surface area contributed by atoms with E-state index in [1.165, 1.54) is 0 Å². The quantitative estimate of drug-likeness (QED) is 0.852. The first-order valence-corrected chi connectivity index (χ1v) is 7.94. The largest absolute Gasteiger partial charge is 0.339 e. The second-order valence-corrected chi connectivity index (χ2v) is 5.25. The van der Waals surface area contributed by atoms with Crippen molar-refractivity contribution in [3.05, 3.63) is 59.4 Å². The van der Waals surface area contributed by atoms with Crippen molar-refractivity contribution in [2.45, 2.75) is 20.4 Å². The van der Waals surface area contributed by atoms with E-state index in [-0.39, 0.29) is 18.4 Å². The summed E-state index contributed by atoms with van der Waals surface area (Å²) >= 11 is 0. The lowest BCUT2D eigenvalue weighted by atomic mass is 10.1. The Bertz CT molecular complexity index is 726. The molecule has 0 unspecified atom stereocenters. The third-order valence-corrected chi connectivity index (χ3v) is 3.71. The minimum absolute atomic E-state index is 0.0505. The number of anilines is 1. The van der Waals surface area contributed by atoms with Crippen molar-refractivity contribution < 1.29 is 9.59 Å². The SMILES string of the molecule is CCN(CC)C(=O)c1cccc(NC(=O)c2ccnc(CN)c2)c1. The fourth-order valence-corrected chi connectivity index (χ4v) is 2.36. The molecule has 1 heterocycles. The van der Waals surface area contributed by atoms with E-state index in [9.17, 15) is 9.59 Å². The number of nitrogens with zero attached hydrogens (tertiary/aromatic N) is 2. The number of hydrogen-bond donors (Lipinski definition) is 2. The van der Waals surface area contributed by atoms with Crippen LogP contribution in [0.4, 0.5) is 5.69 Å². The molecule has 6 nitrogen and oxygen atoms in total. The van der Waals surface area contributed by atoms with Crippen LogP contribution in [0.25, 0.3) is 0 Å². The Morgan fingerprint density at radius 3 is 2.54 bits per heavy atom. The van der Waals surface area contributed by atoms with Crippen molar-refractivity contribution in [3.8, 4) is 0 Å². The highest BCUT2D eigenvalue weighted by molar-refractivity contribution is 6.05. The van der Waals surface area contributed by atoms with Gasteiger partial charge >= 0.3 is 0 Å². The van der Waals surface area contributed by atoms with Crippen molar-refractivity contribution in [3.63, 3.8) is 0 Å². The molecule has 1 aromatic heterocycles. The summed E-state index contributed by atoms with van der Waals surface area (Å²) in [5.74, 6) is -0.315. The minimum Gasteiger partial charge on any atom is -0.339 e. The molecule has 0 saturated heterocycles. The second-order valence-electron chi connectivity index (χ2n) is 5.25. The van der Waals surface area contributed by atoms with Gasteiger partial charge in [-0.15, -0.1) is 0 Å². The van der Waals surface area contributed by atoms with Crippen molar-refractivity contribution in [1.82, 2.24) is 9.88 Å². The molecule has 0 spiro atoms. The molecule has 2 aromatic rings. The van der Waals surface area contributed by atoms with Crippen LogP contribution in [0.1, 0.15) is 40.3 Å². The molecule has 0 bridgehead atoms. The number of rotatable bonds is 6. The summed E-state index contributed by atoms with van der Waals surface area (Å²) in [6, 6.07) is 10.2. The molecule has 24 heavy (non-hydrogen) atoms. The van der Waals surface area contributed by atoms with Crippen LogP contribution >= 0.6 is 0 Å². The molecule has 0 aliphatic heterocycles. The maximum Gasteiger partial charge on any atom is 0.255 e. The molecule has 0 saturated carbocycles. The van der Waals surface area contributed by atoms with Gasteiger partial charge in [0.05, 0.1) is 5.69 Å². The van der Waals surface area contributed by atoms with Gasteiger partial charge in [-0.1, -0.05) is 6.07 Å². The van der Waals surface area contributed by atoms with Gasteiger partial charge in [-0.2, -0.15) is 0 Å². The Morgan fingerprint density at radius 1 is 1.12 bits per heavy atom. The summed E-state index contributed by atoms with van der Waals surface area (Å²) < 4.78 is 0. The Hall–Kier alpha value is -2.73. The number of benzene rings is 1. The topological polar surface area (TPSA) is 88.3 Å². The first-order valence-electron chi connectivity index (χ1n) is 7.94. The number of nitrogens with one attached hydrogen (secondary N) is 1. The van der Waals surface area contributed by atoms with Gasteiger partial charge in [-0.05, 0) is 44.2 Å². The molecule has 0 aliphatic carbocycles. The highest BCUT2D eigenvalue weighted by Gasteiger charge is 2.13. The van der Waals surface area contributed by atoms with E-state index in [2.05, 4.69) is 10.3 Å². The molecule has 2 rings (SSSR count). The highest BCUT2D eigenvalue weighted by atomic mass is 16.2. The lowest BCUT2D eigenvalue weighted by Crippen LogP contribution is -2.30. The molecule has 0 radical (unpaired) electrons. The summed E-state index contributed by atoms with van der Waals surface area (Å²) in [6.07, 6.45) is 1.55. The molecule has 2 amide bonds. The molecular weight excluding hydrogens is 304 g/mol. The van der Waals surface area contributed by atoms with Crippen LogP contribution in [0.3, 0.4) is 0 Å². The lowest BCUT2D eigenvalue weighted by molar-refractivity contribution is 0.0772. The molecule has 0 fully saturated rings. The van der Waals surface area contributed by atoms with Gasteiger partial charge in [0.15, 0.2) is 0 Å². The average Bonchev–Trinajstić information content (AvgIpc) is 2.63. The zero-order valence-electron chi connectivity index (χ0n) is 14.0. The number of aromatic nitrogens is 1. The van der Waals surface area contributed by atoms with E-state index in [0.29, 0.717) is 35.6 Å². The molecule has 0 atom stereocenters. The molecule has 6 heteroatoms. The van der Waals surface area contributed by atoms with Crippen LogP contribution in [0.2, 0.25) is 0 Å². The molecular formula is C18H22N4O2. The number of carbonyl (C=O) groups excluding carboxylic acids is 2. The summed E-state index contributed by atoms with van der Waals surface area (Å²) in [6.45, 7) is 5.43. The molecule has 1 aromatic carbocycles. The minimum atomic E-state index is -0.264. The molecule has 3 N–H and O–H groups in total. The molecule has 0 aliphatic rings. The Kier molecular flexibility index (Phi) is 6.03. The van der Waals surface area contributed by atoms with Gasteiger partial charge in [0.2, 0.25) is 0 Å². The van der Waals surface area contributed by atoms with Crippen molar-refractivity contribution in [2.24, 2.45) is 5.73 Å². The standard InChI is InChI=1S/C18H22N4O2/c1-3-22(4-2)18(24)14-6-5-7-15(11-14)21-17(23)13-8-9-20-16(10-13)12-19/h5-11H,3-4,12,19H2,1-2H3,(H,21,23). The maximum absolute atomic E-state index is 12.4. The van der Waals surface area contributed by atoms with Gasteiger partial charge in [0.25, 0.3) is 11.8 Å². The van der Waals surface area contributed by atoms with Crippen LogP contribution in [-0.2, 0) is 6.54 Å². The smallest absolute Gasteiger partial charge is 0.255 e. The predicted molar refractivity (Wildman–Crippen MR) is 93.8 cm³/mol. The monoisotopic (exact) mass is 326 g/mol. The van der Waals surface area contributed by atoms with E-state index in [1.54, 1.807) is 47.5 Å². The van der Waals surface area contributed by atoms with Crippen molar-refractivity contribution >= 4 is 17.5 Å². The van der Waals surface area contributed by atoms with E-state index in [0.717, 1.165) is 0 Å². The van der Waals surface area contributed by atoms with Gasteiger partial charge in [0.1, 0.15) is 0 Å². The van der Waals surface area contributed by atoms with E-state index in [1.807, 2.05) is 13.8 Å². The Labute approximate surface area is 141 Å². The van der Waals surface area contributed by atoms with E-state index in [4.69, 9.17) is 5.73 Å². The fourth-order valence-electron chi connectivity index (χ4n) is 2.36. The number of pyridine rings is 1. The first-order chi connectivity index (χ1) is 11.6. The number of amides is 2. The summed E-state index contributed by atoms with van der Waals surface area (Å²) in [4.78, 5) is 30.5. The van der Waals surface area contributed by atoms with Crippen LogP contribution in [0.15, 0.2) is 42.6 Å². The van der Waals surface area contributed by atoms with E-state index >= 15 is 0 Å². The van der Waals surface area contributed by atoms with Gasteiger partial charge < -0.3 is 16.0 Å². The Morgan fingerprint density at radius 2 is 1.88 bits per heavy atom. The predicted octanol–water partition coefficient (Wildman–Crippen LogP) is 2.27. The van der Waals surface area contributed by atoms with Crippen LogP contribution in [0, 0.1) is 0 Å². The normalized spacial score (nSPS) is 10.3. The zero-order chi connectivity index (χ0) is 17.5. The second kappa shape index (κ2) is 8.21. The van der Waals surface area contributed by atoms with Crippen molar-refractivity contribution in [1.29, 1.82) is 0 Å². The lowest BCUT2D eigenvalue weighted by Gasteiger charge is -2.19. The third-order valence-electron chi connectivity index (χ3n) is 3.71. The van der Waals surface area contributed by atoms with Crippen LogP contribution < -0.4 is 11.1 Å². The third kappa shape index (κ3) is 4.17. The van der Waals surface area contributed by atoms with Gasteiger partial charge in [-0.25, -0.2) is 0 Å².